The molecule has 214 valence electrons. The minimum atomic E-state index is -4.10. The smallest absolute Gasteiger partial charge is 0.412 e. The van der Waals surface area contributed by atoms with Crippen molar-refractivity contribution in [2.24, 2.45) is 0 Å². The predicted molar refractivity (Wildman–Crippen MR) is 145 cm³/mol. The fourth-order valence-corrected chi connectivity index (χ4v) is 4.78. The van der Waals surface area contributed by atoms with Crippen molar-refractivity contribution in [2.75, 3.05) is 38.7 Å². The van der Waals surface area contributed by atoms with E-state index in [1.54, 1.807) is 24.3 Å². The molecule has 3 N–H and O–H groups in total. The van der Waals surface area contributed by atoms with E-state index in [1.165, 1.54) is 30.2 Å². The molecule has 0 aromatic heterocycles. The topological polar surface area (TPSA) is 169 Å². The van der Waals surface area contributed by atoms with E-state index in [4.69, 9.17) is 9.47 Å². The number of hydrogen-bond donors (Lipinski definition) is 3. The number of rotatable bonds is 15. The summed E-state index contributed by atoms with van der Waals surface area (Å²) in [4.78, 5) is 36.7. The number of anilines is 1. The van der Waals surface area contributed by atoms with Gasteiger partial charge < -0.3 is 19.7 Å². The van der Waals surface area contributed by atoms with Crippen molar-refractivity contribution in [3.63, 3.8) is 0 Å². The molecule has 2 aromatic rings. The first-order valence-electron chi connectivity index (χ1n) is 12.3. The van der Waals surface area contributed by atoms with Crippen LogP contribution in [0, 0.1) is 10.1 Å². The Morgan fingerprint density at radius 2 is 1.72 bits per heavy atom. The van der Waals surface area contributed by atoms with Gasteiger partial charge in [0.05, 0.1) is 18.1 Å². The molecule has 39 heavy (non-hydrogen) atoms. The van der Waals surface area contributed by atoms with Gasteiger partial charge in [-0.15, -0.1) is 0 Å². The summed E-state index contributed by atoms with van der Waals surface area (Å²) in [6.45, 7) is 3.94. The number of amides is 3. The number of ether oxygens (including phenoxy) is 2. The quantitative estimate of drug-likeness (QED) is 0.168. The maximum absolute atomic E-state index is 12.8. The zero-order valence-corrected chi connectivity index (χ0v) is 23.0. The summed E-state index contributed by atoms with van der Waals surface area (Å²) in [6, 6.07) is 13.3. The highest BCUT2D eigenvalue weighted by molar-refractivity contribution is 7.89. The molecule has 2 aromatic carbocycles. The van der Waals surface area contributed by atoms with Crippen LogP contribution in [-0.4, -0.2) is 75.9 Å². The first-order valence-corrected chi connectivity index (χ1v) is 13.8. The van der Waals surface area contributed by atoms with E-state index in [1.807, 2.05) is 19.9 Å². The molecule has 0 spiro atoms. The van der Waals surface area contributed by atoms with Gasteiger partial charge in [-0.25, -0.2) is 22.7 Å². The fourth-order valence-electron chi connectivity index (χ4n) is 3.54. The number of methoxy groups -OCH3 is 1. The van der Waals surface area contributed by atoms with Crippen molar-refractivity contribution in [2.45, 2.75) is 43.7 Å². The second kappa shape index (κ2) is 15.6. The van der Waals surface area contributed by atoms with Crippen molar-refractivity contribution in [3.05, 3.63) is 64.7 Å². The molecule has 0 bridgehead atoms. The highest BCUT2D eigenvalue weighted by atomic mass is 32.2. The molecule has 0 fully saturated rings. The molecule has 0 aliphatic heterocycles. The Balaban J connectivity index is 1.97. The Bertz CT molecular complexity index is 1190. The van der Waals surface area contributed by atoms with Crippen LogP contribution in [0.4, 0.5) is 21.0 Å². The number of nitrogens with zero attached hydrogens (tertiary/aromatic N) is 2. The third-order valence-corrected chi connectivity index (χ3v) is 6.78. The van der Waals surface area contributed by atoms with Gasteiger partial charge in [0.25, 0.3) is 5.69 Å². The number of hydrogen-bond acceptors (Lipinski definition) is 8. The van der Waals surface area contributed by atoms with Crippen LogP contribution in [0.5, 0.6) is 0 Å². The number of sulfonamides is 1. The second-order valence-electron chi connectivity index (χ2n) is 8.85. The van der Waals surface area contributed by atoms with E-state index in [9.17, 15) is 28.1 Å². The number of nitrogens with one attached hydrogen (secondary N) is 3. The Morgan fingerprint density at radius 3 is 2.36 bits per heavy atom. The van der Waals surface area contributed by atoms with Gasteiger partial charge in [0, 0.05) is 38.0 Å². The molecule has 0 aliphatic carbocycles. The summed E-state index contributed by atoms with van der Waals surface area (Å²) in [5.74, 6) is 0. The molecule has 3 amide bonds. The first kappa shape index (κ1) is 31.5. The zero-order chi connectivity index (χ0) is 28.8. The van der Waals surface area contributed by atoms with E-state index in [2.05, 4.69) is 15.4 Å². The van der Waals surface area contributed by atoms with Gasteiger partial charge in [0.1, 0.15) is 6.10 Å². The van der Waals surface area contributed by atoms with Crippen LogP contribution in [0.15, 0.2) is 59.5 Å². The van der Waals surface area contributed by atoms with E-state index in [0.29, 0.717) is 18.5 Å². The van der Waals surface area contributed by atoms with Gasteiger partial charge in [-0.3, -0.25) is 15.4 Å². The van der Waals surface area contributed by atoms with Gasteiger partial charge in [0.2, 0.25) is 10.0 Å². The van der Waals surface area contributed by atoms with Crippen LogP contribution in [-0.2, 0) is 19.5 Å². The molecule has 14 heteroatoms. The Labute approximate surface area is 228 Å². The highest BCUT2D eigenvalue weighted by Gasteiger charge is 2.25. The molecule has 0 heterocycles. The monoisotopic (exact) mass is 565 g/mol. The number of benzene rings is 2. The van der Waals surface area contributed by atoms with Crippen LogP contribution in [0.3, 0.4) is 0 Å². The molecule has 0 saturated heterocycles. The normalized spacial score (nSPS) is 12.0. The maximum atomic E-state index is 12.8. The average Bonchev–Trinajstić information content (AvgIpc) is 2.88. The molecular weight excluding hydrogens is 530 g/mol. The lowest BCUT2D eigenvalue weighted by Gasteiger charge is -2.28. The third kappa shape index (κ3) is 10.9. The Hall–Kier alpha value is -3.75. The van der Waals surface area contributed by atoms with Gasteiger partial charge in [-0.2, -0.15) is 0 Å². The lowest BCUT2D eigenvalue weighted by molar-refractivity contribution is -0.387. The molecule has 1 atom stereocenters. The van der Waals surface area contributed by atoms with Crippen molar-refractivity contribution < 1.29 is 32.4 Å². The number of urea groups is 1. The third-order valence-electron chi connectivity index (χ3n) is 5.27. The molecule has 0 saturated carbocycles. The number of nitro groups is 1. The van der Waals surface area contributed by atoms with Crippen molar-refractivity contribution in [1.29, 1.82) is 0 Å². The lowest BCUT2D eigenvalue weighted by Crippen LogP contribution is -2.48. The number of nitro benzene ring substituents is 1. The number of para-hydroxylation sites is 2. The minimum absolute atomic E-state index is 0.00546. The molecule has 13 nitrogen and oxygen atoms in total. The van der Waals surface area contributed by atoms with E-state index in [0.717, 1.165) is 6.07 Å². The average molecular weight is 566 g/mol. The first-order chi connectivity index (χ1) is 18.5. The molecule has 0 aliphatic rings. The molecular formula is C25H35N5O8S. The number of unbranched alkanes of at least 4 members (excludes halogenated alkanes) is 1. The summed E-state index contributed by atoms with van der Waals surface area (Å²) in [6.07, 6.45) is -0.721. The van der Waals surface area contributed by atoms with E-state index < -0.39 is 37.7 Å². The van der Waals surface area contributed by atoms with Crippen LogP contribution in [0.1, 0.15) is 26.7 Å². The van der Waals surface area contributed by atoms with Crippen molar-refractivity contribution in [1.82, 2.24) is 14.9 Å². The summed E-state index contributed by atoms with van der Waals surface area (Å²) >= 11 is 0. The summed E-state index contributed by atoms with van der Waals surface area (Å²) in [7, 11) is -2.65. The van der Waals surface area contributed by atoms with E-state index in [-0.39, 0.29) is 38.3 Å². The Kier molecular flexibility index (Phi) is 12.6. The van der Waals surface area contributed by atoms with Gasteiger partial charge in [-0.1, -0.05) is 30.3 Å². The molecule has 0 radical (unpaired) electrons. The predicted octanol–water partition coefficient (Wildman–Crippen LogP) is 3.34. The summed E-state index contributed by atoms with van der Waals surface area (Å²) in [5.41, 5.74) is 0.0402. The molecule has 0 unspecified atom stereocenters. The zero-order valence-electron chi connectivity index (χ0n) is 22.2. The second-order valence-corrected chi connectivity index (χ2v) is 10.6. The fraction of sp³-hybridized carbons (Fsp3) is 0.440. The van der Waals surface area contributed by atoms with Crippen molar-refractivity contribution >= 4 is 33.5 Å². The maximum Gasteiger partial charge on any atom is 0.412 e. The SMILES string of the molecule is COC[C@@H](CN(CCCCNS(=O)(=O)c1ccccc1[N+](=O)[O-])C(=O)NC(C)C)OC(=O)Nc1ccccc1. The van der Waals surface area contributed by atoms with Gasteiger partial charge in [-0.05, 0) is 44.9 Å². The highest BCUT2D eigenvalue weighted by Crippen LogP contribution is 2.22. The lowest BCUT2D eigenvalue weighted by atomic mass is 10.2. The van der Waals surface area contributed by atoms with Crippen LogP contribution in [0.2, 0.25) is 0 Å². The summed E-state index contributed by atoms with van der Waals surface area (Å²) in [5, 5.41) is 16.6. The number of carbonyl (C=O) groups is 2. The van der Waals surface area contributed by atoms with E-state index >= 15 is 0 Å². The van der Waals surface area contributed by atoms with Crippen LogP contribution < -0.4 is 15.4 Å². The largest absolute Gasteiger partial charge is 0.442 e. The van der Waals surface area contributed by atoms with Gasteiger partial charge >= 0.3 is 12.1 Å². The number of carbonyl (C=O) groups excluding carboxylic acids is 2. The Morgan fingerprint density at radius 1 is 1.05 bits per heavy atom. The molecule has 2 rings (SSSR count). The summed E-state index contributed by atoms with van der Waals surface area (Å²) < 4.78 is 38.2. The van der Waals surface area contributed by atoms with Crippen LogP contribution in [0.25, 0.3) is 0 Å². The van der Waals surface area contributed by atoms with Crippen LogP contribution >= 0.6 is 0 Å². The standard InChI is InChI=1S/C25H35N5O8S/c1-19(2)27-24(31)29(17-21(18-37-3)38-25(32)28-20-11-5-4-6-12-20)16-10-9-15-26-39(35,36)23-14-8-7-13-22(23)30(33)34/h4-8,11-14,19,21,26H,9-10,15-18H2,1-3H3,(H,27,31)(H,28,32)/t21-/m1/s1. The minimum Gasteiger partial charge on any atom is -0.442 e. The van der Waals surface area contributed by atoms with Gasteiger partial charge in [0.15, 0.2) is 4.90 Å². The van der Waals surface area contributed by atoms with Crippen molar-refractivity contribution in [3.8, 4) is 0 Å².